The Morgan fingerprint density at radius 2 is 1.89 bits per heavy atom. The molecule has 6 nitrogen and oxygen atoms in total. The van der Waals surface area contributed by atoms with Gasteiger partial charge < -0.3 is 10.1 Å². The zero-order chi connectivity index (χ0) is 19.0. The zero-order valence-electron chi connectivity index (χ0n) is 14.7. The molecule has 2 aromatic carbocycles. The standard InChI is InChI=1S/C20H20BrN3O3/c21-15-5-6-17-18(9-15)22-20(27)24(19(17)26)12-16(25)11-23-8-7-13-3-1-2-4-14(13)10-23/h1-6,9,16,25H,7-8,10-12H2,(H,22,27)/t16-/m1/s1. The molecule has 140 valence electrons. The van der Waals surface area contributed by atoms with Crippen LogP contribution in [-0.2, 0) is 19.5 Å². The van der Waals surface area contributed by atoms with Crippen molar-refractivity contribution in [1.82, 2.24) is 14.5 Å². The van der Waals surface area contributed by atoms with Crippen molar-refractivity contribution < 1.29 is 5.11 Å². The van der Waals surface area contributed by atoms with Gasteiger partial charge in [-0.15, -0.1) is 0 Å². The van der Waals surface area contributed by atoms with Crippen LogP contribution in [0.25, 0.3) is 10.9 Å². The zero-order valence-corrected chi connectivity index (χ0v) is 16.3. The van der Waals surface area contributed by atoms with Gasteiger partial charge >= 0.3 is 5.69 Å². The van der Waals surface area contributed by atoms with E-state index >= 15 is 0 Å². The first kappa shape index (κ1) is 18.2. The van der Waals surface area contributed by atoms with Gasteiger partial charge in [-0.3, -0.25) is 14.3 Å². The Labute approximate surface area is 164 Å². The van der Waals surface area contributed by atoms with Gasteiger partial charge in [0.25, 0.3) is 5.56 Å². The minimum absolute atomic E-state index is 0.0294. The van der Waals surface area contributed by atoms with Crippen LogP contribution >= 0.6 is 15.9 Å². The van der Waals surface area contributed by atoms with Gasteiger partial charge in [-0.2, -0.15) is 0 Å². The summed E-state index contributed by atoms with van der Waals surface area (Å²) in [5.74, 6) is 0. The van der Waals surface area contributed by atoms with E-state index in [2.05, 4.69) is 37.9 Å². The number of nitrogens with zero attached hydrogens (tertiary/aromatic N) is 2. The van der Waals surface area contributed by atoms with Crippen LogP contribution in [0.2, 0.25) is 0 Å². The van der Waals surface area contributed by atoms with E-state index < -0.39 is 11.8 Å². The molecule has 0 radical (unpaired) electrons. The molecule has 0 aliphatic carbocycles. The maximum absolute atomic E-state index is 12.7. The lowest BCUT2D eigenvalue weighted by molar-refractivity contribution is 0.0900. The van der Waals surface area contributed by atoms with E-state index in [0.717, 1.165) is 28.6 Å². The largest absolute Gasteiger partial charge is 0.390 e. The average Bonchev–Trinajstić information content (AvgIpc) is 2.65. The number of H-pyrrole nitrogens is 1. The maximum atomic E-state index is 12.7. The number of aromatic amines is 1. The summed E-state index contributed by atoms with van der Waals surface area (Å²) < 4.78 is 1.87. The van der Waals surface area contributed by atoms with Crippen molar-refractivity contribution in [2.45, 2.75) is 25.6 Å². The van der Waals surface area contributed by atoms with Crippen LogP contribution < -0.4 is 11.2 Å². The van der Waals surface area contributed by atoms with E-state index in [1.807, 2.05) is 12.1 Å². The molecule has 1 aliphatic rings. The summed E-state index contributed by atoms with van der Waals surface area (Å²) in [5.41, 5.74) is 2.20. The molecule has 2 heterocycles. The third kappa shape index (κ3) is 3.76. The molecule has 0 saturated carbocycles. The Hall–Kier alpha value is -2.22. The molecule has 1 aliphatic heterocycles. The maximum Gasteiger partial charge on any atom is 0.328 e. The van der Waals surface area contributed by atoms with Crippen LogP contribution in [-0.4, -0.2) is 38.8 Å². The molecule has 4 rings (SSSR count). The number of benzene rings is 2. The molecule has 7 heteroatoms. The Morgan fingerprint density at radius 1 is 1.11 bits per heavy atom. The minimum atomic E-state index is -0.804. The lowest BCUT2D eigenvalue weighted by Crippen LogP contribution is -2.43. The summed E-state index contributed by atoms with van der Waals surface area (Å²) >= 11 is 3.33. The van der Waals surface area contributed by atoms with Gasteiger partial charge in [0.2, 0.25) is 0 Å². The molecule has 0 spiro atoms. The number of hydrogen-bond acceptors (Lipinski definition) is 4. The van der Waals surface area contributed by atoms with Crippen molar-refractivity contribution in [3.63, 3.8) is 0 Å². The number of β-amino-alcohol motifs (C(OH)–C–C–N with tert-alkyl or cyclic N) is 1. The first-order valence-electron chi connectivity index (χ1n) is 8.91. The van der Waals surface area contributed by atoms with Crippen molar-refractivity contribution in [3.8, 4) is 0 Å². The minimum Gasteiger partial charge on any atom is -0.390 e. The van der Waals surface area contributed by atoms with Gasteiger partial charge in [0.05, 0.1) is 23.6 Å². The summed E-state index contributed by atoms with van der Waals surface area (Å²) in [7, 11) is 0. The second-order valence-corrected chi connectivity index (χ2v) is 7.86. The third-order valence-corrected chi connectivity index (χ3v) is 5.51. The highest BCUT2D eigenvalue weighted by molar-refractivity contribution is 9.10. The summed E-state index contributed by atoms with van der Waals surface area (Å²) in [6.45, 7) is 2.01. The van der Waals surface area contributed by atoms with Crippen molar-refractivity contribution >= 4 is 26.8 Å². The predicted octanol–water partition coefficient (Wildman–Crippen LogP) is 1.87. The van der Waals surface area contributed by atoms with Crippen LogP contribution in [0.15, 0.2) is 56.5 Å². The number of aliphatic hydroxyl groups excluding tert-OH is 1. The molecular formula is C20H20BrN3O3. The van der Waals surface area contributed by atoms with Crippen LogP contribution in [0.5, 0.6) is 0 Å². The van der Waals surface area contributed by atoms with Crippen molar-refractivity contribution in [1.29, 1.82) is 0 Å². The summed E-state index contributed by atoms with van der Waals surface area (Å²) in [5, 5.41) is 10.9. The molecule has 27 heavy (non-hydrogen) atoms. The highest BCUT2D eigenvalue weighted by atomic mass is 79.9. The SMILES string of the molecule is O=c1[nH]c2cc(Br)ccc2c(=O)n1C[C@H](O)CN1CCc2ccccc2C1. The third-order valence-electron chi connectivity index (χ3n) is 5.02. The topological polar surface area (TPSA) is 78.3 Å². The summed E-state index contributed by atoms with van der Waals surface area (Å²) in [4.78, 5) is 29.9. The second kappa shape index (κ2) is 7.42. The van der Waals surface area contributed by atoms with Crippen molar-refractivity contribution in [3.05, 3.63) is 78.9 Å². The average molecular weight is 430 g/mol. The number of aliphatic hydroxyl groups is 1. The van der Waals surface area contributed by atoms with Crippen LogP contribution in [0.4, 0.5) is 0 Å². The number of nitrogens with one attached hydrogen (secondary N) is 1. The van der Waals surface area contributed by atoms with Crippen molar-refractivity contribution in [2.24, 2.45) is 0 Å². The van der Waals surface area contributed by atoms with Gasteiger partial charge in [-0.1, -0.05) is 40.2 Å². The highest BCUT2D eigenvalue weighted by Crippen LogP contribution is 2.18. The Bertz CT molecular complexity index is 1110. The van der Waals surface area contributed by atoms with Gasteiger partial charge in [0, 0.05) is 24.1 Å². The lowest BCUT2D eigenvalue weighted by atomic mass is 10.00. The van der Waals surface area contributed by atoms with E-state index in [-0.39, 0.29) is 12.1 Å². The second-order valence-electron chi connectivity index (χ2n) is 6.94. The van der Waals surface area contributed by atoms with Gasteiger partial charge in [0.15, 0.2) is 0 Å². The number of hydrogen-bond donors (Lipinski definition) is 2. The molecule has 0 unspecified atom stereocenters. The first-order chi connectivity index (χ1) is 13.0. The fourth-order valence-corrected chi connectivity index (χ4v) is 4.03. The van der Waals surface area contributed by atoms with Crippen LogP contribution in [0.3, 0.4) is 0 Å². The van der Waals surface area contributed by atoms with Gasteiger partial charge in [0.1, 0.15) is 0 Å². The summed E-state index contributed by atoms with van der Waals surface area (Å²) in [6.07, 6.45) is 0.135. The summed E-state index contributed by atoms with van der Waals surface area (Å²) in [6, 6.07) is 13.4. The van der Waals surface area contributed by atoms with E-state index in [1.165, 1.54) is 11.1 Å². The molecule has 0 fully saturated rings. The first-order valence-corrected chi connectivity index (χ1v) is 9.70. The Balaban J connectivity index is 1.52. The van der Waals surface area contributed by atoms with Crippen LogP contribution in [0.1, 0.15) is 11.1 Å². The molecule has 2 N–H and O–H groups in total. The van der Waals surface area contributed by atoms with E-state index in [0.29, 0.717) is 17.4 Å². The molecular weight excluding hydrogens is 410 g/mol. The number of fused-ring (bicyclic) bond motifs is 2. The van der Waals surface area contributed by atoms with E-state index in [1.54, 1.807) is 18.2 Å². The van der Waals surface area contributed by atoms with Gasteiger partial charge in [-0.05, 0) is 35.7 Å². The fourth-order valence-electron chi connectivity index (χ4n) is 3.67. The van der Waals surface area contributed by atoms with Crippen molar-refractivity contribution in [2.75, 3.05) is 13.1 Å². The van der Waals surface area contributed by atoms with E-state index in [9.17, 15) is 14.7 Å². The highest BCUT2D eigenvalue weighted by Gasteiger charge is 2.20. The number of rotatable bonds is 4. The quantitative estimate of drug-likeness (QED) is 0.663. The van der Waals surface area contributed by atoms with Gasteiger partial charge in [-0.25, -0.2) is 4.79 Å². The Morgan fingerprint density at radius 3 is 2.70 bits per heavy atom. The molecule has 3 aromatic rings. The number of halogens is 1. The molecule has 0 amide bonds. The Kier molecular flexibility index (Phi) is 4.99. The molecule has 0 bridgehead atoms. The predicted molar refractivity (Wildman–Crippen MR) is 108 cm³/mol. The molecule has 0 saturated heterocycles. The number of aromatic nitrogens is 2. The smallest absolute Gasteiger partial charge is 0.328 e. The van der Waals surface area contributed by atoms with E-state index in [4.69, 9.17) is 0 Å². The monoisotopic (exact) mass is 429 g/mol. The fraction of sp³-hybridized carbons (Fsp3) is 0.300. The molecule has 1 atom stereocenters. The lowest BCUT2D eigenvalue weighted by Gasteiger charge is -2.30. The normalized spacial score (nSPS) is 15.6. The molecule has 1 aromatic heterocycles. The van der Waals surface area contributed by atoms with Crippen LogP contribution in [0, 0.1) is 0 Å².